The quantitative estimate of drug-likeness (QED) is 0.521. The smallest absolute Gasteiger partial charge is 0.240 e. The molecule has 25 heavy (non-hydrogen) atoms. The van der Waals surface area contributed by atoms with E-state index in [1.807, 2.05) is 18.2 Å². The van der Waals surface area contributed by atoms with E-state index in [-0.39, 0.29) is 5.91 Å². The number of hydrogen-bond donors (Lipinski definition) is 2. The van der Waals surface area contributed by atoms with Crippen LogP contribution in [0.25, 0.3) is 22.2 Å². The fourth-order valence-electron chi connectivity index (χ4n) is 2.42. The van der Waals surface area contributed by atoms with Gasteiger partial charge in [0, 0.05) is 35.5 Å². The SMILES string of the molecule is COc1cnc(-c2cc3[nH]c(CCONC(C)=O)cc3cc2Cl)cn1. The van der Waals surface area contributed by atoms with Crippen molar-refractivity contribution in [2.24, 2.45) is 0 Å². The van der Waals surface area contributed by atoms with Gasteiger partial charge in [-0.25, -0.2) is 15.4 Å². The van der Waals surface area contributed by atoms with Crippen molar-refractivity contribution in [2.75, 3.05) is 13.7 Å². The van der Waals surface area contributed by atoms with E-state index in [1.165, 1.54) is 6.92 Å². The van der Waals surface area contributed by atoms with Gasteiger partial charge in [-0.3, -0.25) is 9.63 Å². The molecule has 2 heterocycles. The van der Waals surface area contributed by atoms with Gasteiger partial charge in [-0.2, -0.15) is 0 Å². The molecule has 7 nitrogen and oxygen atoms in total. The van der Waals surface area contributed by atoms with Crippen LogP contribution < -0.4 is 10.2 Å². The Morgan fingerprint density at radius 3 is 2.80 bits per heavy atom. The molecule has 0 unspecified atom stereocenters. The Morgan fingerprint density at radius 1 is 1.28 bits per heavy atom. The molecule has 0 aliphatic rings. The number of H-pyrrole nitrogens is 1. The van der Waals surface area contributed by atoms with E-state index in [9.17, 15) is 4.79 Å². The van der Waals surface area contributed by atoms with E-state index >= 15 is 0 Å². The minimum Gasteiger partial charge on any atom is -0.480 e. The number of halogens is 1. The second-order valence-corrected chi connectivity index (χ2v) is 5.82. The zero-order valence-corrected chi connectivity index (χ0v) is 14.6. The van der Waals surface area contributed by atoms with Crippen LogP contribution in [0.3, 0.4) is 0 Å². The molecule has 2 aromatic heterocycles. The van der Waals surface area contributed by atoms with Crippen LogP contribution in [-0.4, -0.2) is 34.6 Å². The third-order valence-corrected chi connectivity index (χ3v) is 3.88. The molecule has 3 aromatic rings. The number of amides is 1. The average Bonchev–Trinajstić information content (AvgIpc) is 2.99. The third-order valence-electron chi connectivity index (χ3n) is 3.57. The zero-order valence-electron chi connectivity index (χ0n) is 13.8. The number of aromatic nitrogens is 3. The summed E-state index contributed by atoms with van der Waals surface area (Å²) >= 11 is 6.40. The van der Waals surface area contributed by atoms with Gasteiger partial charge < -0.3 is 9.72 Å². The van der Waals surface area contributed by atoms with Crippen LogP contribution >= 0.6 is 11.6 Å². The van der Waals surface area contributed by atoms with Crippen molar-refractivity contribution in [1.82, 2.24) is 20.4 Å². The van der Waals surface area contributed by atoms with Gasteiger partial charge in [0.25, 0.3) is 0 Å². The van der Waals surface area contributed by atoms with E-state index in [2.05, 4.69) is 20.4 Å². The lowest BCUT2D eigenvalue weighted by molar-refractivity contribution is -0.131. The average molecular weight is 361 g/mol. The second kappa shape index (κ2) is 7.50. The van der Waals surface area contributed by atoms with Crippen molar-refractivity contribution >= 4 is 28.4 Å². The fourth-order valence-corrected chi connectivity index (χ4v) is 2.69. The summed E-state index contributed by atoms with van der Waals surface area (Å²) in [5, 5.41) is 1.58. The summed E-state index contributed by atoms with van der Waals surface area (Å²) < 4.78 is 5.02. The van der Waals surface area contributed by atoms with E-state index in [4.69, 9.17) is 21.2 Å². The summed E-state index contributed by atoms with van der Waals surface area (Å²) in [4.78, 5) is 27.6. The summed E-state index contributed by atoms with van der Waals surface area (Å²) in [6, 6.07) is 5.82. The number of rotatable bonds is 6. The number of benzene rings is 1. The fraction of sp³-hybridized carbons (Fsp3) is 0.235. The summed E-state index contributed by atoms with van der Waals surface area (Å²) in [5.74, 6) is 0.218. The third kappa shape index (κ3) is 4.07. The molecule has 1 aromatic carbocycles. The first-order valence-electron chi connectivity index (χ1n) is 7.62. The number of carbonyl (C=O) groups is 1. The Bertz CT molecular complexity index is 893. The molecule has 0 saturated heterocycles. The lowest BCUT2D eigenvalue weighted by atomic mass is 10.1. The Labute approximate surface area is 149 Å². The number of hydroxylamine groups is 1. The highest BCUT2D eigenvalue weighted by Crippen LogP contribution is 2.31. The van der Waals surface area contributed by atoms with Gasteiger partial charge in [0.15, 0.2) is 0 Å². The summed E-state index contributed by atoms with van der Waals surface area (Å²) in [5.41, 5.74) is 5.67. The number of hydrogen-bond acceptors (Lipinski definition) is 5. The number of carbonyl (C=O) groups excluding carboxylic acids is 1. The summed E-state index contributed by atoms with van der Waals surface area (Å²) in [6.07, 6.45) is 3.80. The lowest BCUT2D eigenvalue weighted by Crippen LogP contribution is -2.21. The summed E-state index contributed by atoms with van der Waals surface area (Å²) in [7, 11) is 1.54. The first-order chi connectivity index (χ1) is 12.1. The number of nitrogens with zero attached hydrogens (tertiary/aromatic N) is 2. The van der Waals surface area contributed by atoms with Gasteiger partial charge >= 0.3 is 0 Å². The minimum atomic E-state index is -0.228. The van der Waals surface area contributed by atoms with Gasteiger partial charge in [0.1, 0.15) is 0 Å². The highest BCUT2D eigenvalue weighted by Gasteiger charge is 2.10. The van der Waals surface area contributed by atoms with Crippen molar-refractivity contribution in [3.63, 3.8) is 0 Å². The molecule has 0 aliphatic heterocycles. The monoisotopic (exact) mass is 360 g/mol. The van der Waals surface area contributed by atoms with Crippen LogP contribution in [0.15, 0.2) is 30.6 Å². The zero-order chi connectivity index (χ0) is 17.8. The molecular formula is C17H17ClN4O3. The molecule has 0 aliphatic carbocycles. The Morgan fingerprint density at radius 2 is 2.12 bits per heavy atom. The number of aromatic amines is 1. The van der Waals surface area contributed by atoms with Gasteiger partial charge in [-0.05, 0) is 18.2 Å². The summed E-state index contributed by atoms with van der Waals surface area (Å²) in [6.45, 7) is 1.77. The number of nitrogens with one attached hydrogen (secondary N) is 2. The van der Waals surface area contributed by atoms with E-state index < -0.39 is 0 Å². The van der Waals surface area contributed by atoms with Crippen molar-refractivity contribution in [2.45, 2.75) is 13.3 Å². The van der Waals surface area contributed by atoms with Crippen LogP contribution in [0.5, 0.6) is 5.88 Å². The predicted molar refractivity (Wildman–Crippen MR) is 94.4 cm³/mol. The Hall–Kier alpha value is -2.64. The highest BCUT2D eigenvalue weighted by molar-refractivity contribution is 6.34. The molecule has 0 atom stereocenters. The molecule has 130 valence electrons. The van der Waals surface area contributed by atoms with Gasteiger partial charge in [0.05, 0.1) is 36.8 Å². The first kappa shape index (κ1) is 17.2. The standard InChI is InChI=1S/C17H17ClN4O3/c1-10(23)22-25-4-3-12-5-11-6-14(18)13(7-15(11)21-12)16-8-20-17(24-2)9-19-16/h5-9,21H,3-4H2,1-2H3,(H,22,23). The first-order valence-corrected chi connectivity index (χ1v) is 8.00. The highest BCUT2D eigenvalue weighted by atomic mass is 35.5. The van der Waals surface area contributed by atoms with Crippen molar-refractivity contribution in [1.29, 1.82) is 0 Å². The topological polar surface area (TPSA) is 89.1 Å². The van der Waals surface area contributed by atoms with Crippen LogP contribution in [0.4, 0.5) is 0 Å². The molecule has 3 rings (SSSR count). The molecule has 0 spiro atoms. The van der Waals surface area contributed by atoms with Gasteiger partial charge in [-0.15, -0.1) is 0 Å². The van der Waals surface area contributed by atoms with E-state index in [1.54, 1.807) is 19.5 Å². The molecule has 0 bridgehead atoms. The van der Waals surface area contributed by atoms with Crippen LogP contribution in [-0.2, 0) is 16.1 Å². The van der Waals surface area contributed by atoms with Crippen molar-refractivity contribution in [3.8, 4) is 17.1 Å². The van der Waals surface area contributed by atoms with Crippen LogP contribution in [0.1, 0.15) is 12.6 Å². The molecular weight excluding hydrogens is 344 g/mol. The largest absolute Gasteiger partial charge is 0.480 e. The van der Waals surface area contributed by atoms with E-state index in [0.717, 1.165) is 22.2 Å². The second-order valence-electron chi connectivity index (χ2n) is 5.41. The molecule has 0 saturated carbocycles. The van der Waals surface area contributed by atoms with Gasteiger partial charge in [0.2, 0.25) is 11.8 Å². The number of methoxy groups -OCH3 is 1. The maximum Gasteiger partial charge on any atom is 0.240 e. The maximum atomic E-state index is 10.8. The maximum absolute atomic E-state index is 10.8. The Kier molecular flexibility index (Phi) is 5.16. The van der Waals surface area contributed by atoms with Crippen LogP contribution in [0.2, 0.25) is 5.02 Å². The predicted octanol–water partition coefficient (Wildman–Crippen LogP) is 2.90. The molecule has 0 fully saturated rings. The molecule has 8 heteroatoms. The minimum absolute atomic E-state index is 0.228. The Balaban J connectivity index is 1.81. The van der Waals surface area contributed by atoms with E-state index in [0.29, 0.717) is 29.6 Å². The molecule has 1 amide bonds. The lowest BCUT2D eigenvalue weighted by Gasteiger charge is -2.05. The van der Waals surface area contributed by atoms with Crippen molar-refractivity contribution < 1.29 is 14.4 Å². The number of fused-ring (bicyclic) bond motifs is 1. The molecule has 2 N–H and O–H groups in total. The van der Waals surface area contributed by atoms with Crippen molar-refractivity contribution in [3.05, 3.63) is 41.3 Å². The van der Waals surface area contributed by atoms with Crippen LogP contribution in [0, 0.1) is 0 Å². The van der Waals surface area contributed by atoms with Gasteiger partial charge in [-0.1, -0.05) is 11.6 Å². The normalized spacial score (nSPS) is 10.8. The molecule has 0 radical (unpaired) electrons. The number of ether oxygens (including phenoxy) is 1.